The van der Waals surface area contributed by atoms with E-state index in [4.69, 9.17) is 14.2 Å². The van der Waals surface area contributed by atoms with Gasteiger partial charge in [-0.25, -0.2) is 0 Å². The molecule has 0 bridgehead atoms. The van der Waals surface area contributed by atoms with E-state index < -0.39 is 5.60 Å². The minimum absolute atomic E-state index is 0.00869. The lowest BCUT2D eigenvalue weighted by molar-refractivity contribution is -0.152. The van der Waals surface area contributed by atoms with Crippen molar-refractivity contribution in [2.75, 3.05) is 27.4 Å². The summed E-state index contributed by atoms with van der Waals surface area (Å²) >= 11 is 0. The highest BCUT2D eigenvalue weighted by atomic mass is 16.6. The molecule has 6 nitrogen and oxygen atoms in total. The largest absolute Gasteiger partial charge is 0.497 e. The van der Waals surface area contributed by atoms with Crippen LogP contribution in [0.1, 0.15) is 37.7 Å². The molecule has 0 N–H and O–H groups in total. The summed E-state index contributed by atoms with van der Waals surface area (Å²) in [5, 5.41) is 0. The summed E-state index contributed by atoms with van der Waals surface area (Å²) in [6.07, 6.45) is 3.78. The molecule has 2 aliphatic rings. The van der Waals surface area contributed by atoms with Gasteiger partial charge in [-0.15, -0.1) is 0 Å². The topological polar surface area (TPSA) is 65.1 Å². The van der Waals surface area contributed by atoms with Crippen LogP contribution >= 0.6 is 0 Å². The van der Waals surface area contributed by atoms with E-state index in [1.54, 1.807) is 19.1 Å². The first-order valence-electron chi connectivity index (χ1n) is 9.20. The maximum Gasteiger partial charge on any atom is 0.307 e. The van der Waals surface area contributed by atoms with Crippen LogP contribution in [0.3, 0.4) is 0 Å². The van der Waals surface area contributed by atoms with Crippen molar-refractivity contribution >= 4 is 11.9 Å². The maximum atomic E-state index is 13.3. The van der Waals surface area contributed by atoms with Gasteiger partial charge in [-0.05, 0) is 43.4 Å². The molecule has 1 unspecified atom stereocenters. The van der Waals surface area contributed by atoms with Gasteiger partial charge in [0.15, 0.2) is 0 Å². The van der Waals surface area contributed by atoms with Crippen molar-refractivity contribution in [2.24, 2.45) is 5.92 Å². The Labute approximate surface area is 154 Å². The zero-order chi connectivity index (χ0) is 18.6. The number of carbonyl (C=O) groups is 2. The third-order valence-corrected chi connectivity index (χ3v) is 5.48. The minimum Gasteiger partial charge on any atom is -0.497 e. The highest BCUT2D eigenvalue weighted by molar-refractivity contribution is 5.88. The van der Waals surface area contributed by atoms with Crippen LogP contribution in [0.2, 0.25) is 0 Å². The van der Waals surface area contributed by atoms with Crippen LogP contribution < -0.4 is 4.74 Å². The molecule has 1 amide bonds. The van der Waals surface area contributed by atoms with Gasteiger partial charge in [-0.3, -0.25) is 9.59 Å². The molecule has 3 rings (SSSR count). The van der Waals surface area contributed by atoms with Gasteiger partial charge in [0.25, 0.3) is 0 Å². The van der Waals surface area contributed by atoms with Crippen molar-refractivity contribution in [3.63, 3.8) is 0 Å². The molecule has 1 heterocycles. The first-order valence-corrected chi connectivity index (χ1v) is 9.20. The predicted molar refractivity (Wildman–Crippen MR) is 95.7 cm³/mol. The molecule has 1 aromatic rings. The van der Waals surface area contributed by atoms with Crippen LogP contribution in [0.25, 0.3) is 0 Å². The molecular weight excluding hydrogens is 334 g/mol. The summed E-state index contributed by atoms with van der Waals surface area (Å²) in [4.78, 5) is 27.0. The number of hydrogen-bond acceptors (Lipinski definition) is 5. The number of rotatable bonds is 7. The van der Waals surface area contributed by atoms with E-state index in [1.165, 1.54) is 0 Å². The van der Waals surface area contributed by atoms with E-state index in [1.807, 2.05) is 24.3 Å². The van der Waals surface area contributed by atoms with Gasteiger partial charge < -0.3 is 19.1 Å². The van der Waals surface area contributed by atoms with Gasteiger partial charge in [0.2, 0.25) is 5.91 Å². The summed E-state index contributed by atoms with van der Waals surface area (Å²) in [6.45, 7) is 1.42. The van der Waals surface area contributed by atoms with E-state index in [2.05, 4.69) is 0 Å². The first kappa shape index (κ1) is 18.7. The molecular formula is C20H27NO5. The molecule has 0 radical (unpaired) electrons. The lowest BCUT2D eigenvalue weighted by Crippen LogP contribution is -2.45. The molecule has 142 valence electrons. The Kier molecular flexibility index (Phi) is 5.81. The number of carbonyl (C=O) groups excluding carboxylic acids is 2. The summed E-state index contributed by atoms with van der Waals surface area (Å²) in [5.74, 6) is 0.142. The minimum atomic E-state index is -0.584. The standard InChI is InChI=1S/C20H27NO5/c1-24-12-11-21(14-15-5-7-16(25-2)8-6-15)19(23)17-13-18(22)26-20(17)9-3-4-10-20/h5-8,17H,3-4,9-14H2,1-2H3. The van der Waals surface area contributed by atoms with E-state index in [-0.39, 0.29) is 24.2 Å². The van der Waals surface area contributed by atoms with Crippen molar-refractivity contribution in [1.82, 2.24) is 4.90 Å². The lowest BCUT2D eigenvalue weighted by atomic mass is 9.84. The molecule has 1 aromatic carbocycles. The second-order valence-electron chi connectivity index (χ2n) is 7.10. The average molecular weight is 361 g/mol. The normalized spacial score (nSPS) is 21.0. The Balaban J connectivity index is 1.77. The summed E-state index contributed by atoms with van der Waals surface area (Å²) in [7, 11) is 3.25. The van der Waals surface area contributed by atoms with E-state index >= 15 is 0 Å². The van der Waals surface area contributed by atoms with Gasteiger partial charge in [-0.2, -0.15) is 0 Å². The molecule has 6 heteroatoms. The van der Waals surface area contributed by atoms with Gasteiger partial charge >= 0.3 is 5.97 Å². The molecule has 1 atom stereocenters. The van der Waals surface area contributed by atoms with E-state index in [9.17, 15) is 9.59 Å². The van der Waals surface area contributed by atoms with Gasteiger partial charge in [0.1, 0.15) is 11.4 Å². The van der Waals surface area contributed by atoms with E-state index in [0.29, 0.717) is 19.7 Å². The SMILES string of the molecule is COCCN(Cc1ccc(OC)cc1)C(=O)C1CC(=O)OC12CCCC2. The monoisotopic (exact) mass is 361 g/mol. The van der Waals surface area contributed by atoms with Crippen molar-refractivity contribution in [1.29, 1.82) is 0 Å². The first-order chi connectivity index (χ1) is 12.6. The predicted octanol–water partition coefficient (Wildman–Crippen LogP) is 2.55. The smallest absolute Gasteiger partial charge is 0.307 e. The van der Waals surface area contributed by atoms with Crippen LogP contribution in [0.15, 0.2) is 24.3 Å². The molecule has 0 aromatic heterocycles. The summed E-state index contributed by atoms with van der Waals surface area (Å²) < 4.78 is 16.0. The second kappa shape index (κ2) is 8.08. The Morgan fingerprint density at radius 3 is 2.54 bits per heavy atom. The van der Waals surface area contributed by atoms with Crippen LogP contribution in [0.4, 0.5) is 0 Å². The van der Waals surface area contributed by atoms with Crippen molar-refractivity contribution in [2.45, 2.75) is 44.2 Å². The second-order valence-corrected chi connectivity index (χ2v) is 7.10. The fourth-order valence-corrected chi connectivity index (χ4v) is 4.07. The van der Waals surface area contributed by atoms with Gasteiger partial charge in [0.05, 0.1) is 26.1 Å². The zero-order valence-electron chi connectivity index (χ0n) is 15.5. The van der Waals surface area contributed by atoms with Gasteiger partial charge in [-0.1, -0.05) is 12.1 Å². The van der Waals surface area contributed by atoms with Crippen LogP contribution in [-0.2, 0) is 25.6 Å². The van der Waals surface area contributed by atoms with Gasteiger partial charge in [0, 0.05) is 20.2 Å². The third-order valence-electron chi connectivity index (χ3n) is 5.48. The molecule has 1 aliphatic carbocycles. The Hall–Kier alpha value is -2.08. The summed E-state index contributed by atoms with van der Waals surface area (Å²) in [6, 6.07) is 7.67. The molecule has 26 heavy (non-hydrogen) atoms. The van der Waals surface area contributed by atoms with Crippen molar-refractivity contribution in [3.8, 4) is 5.75 Å². The average Bonchev–Trinajstić information content (AvgIpc) is 3.25. The molecule has 1 aliphatic heterocycles. The van der Waals surface area contributed by atoms with Crippen LogP contribution in [-0.4, -0.2) is 49.7 Å². The maximum absolute atomic E-state index is 13.3. The molecule has 1 saturated heterocycles. The van der Waals surface area contributed by atoms with Crippen LogP contribution in [0, 0.1) is 5.92 Å². The number of esters is 1. The van der Waals surface area contributed by atoms with Crippen LogP contribution in [0.5, 0.6) is 5.75 Å². The number of benzene rings is 1. The highest BCUT2D eigenvalue weighted by Crippen LogP contribution is 2.46. The Bertz CT molecular complexity index is 636. The number of amides is 1. The third kappa shape index (κ3) is 3.85. The molecule has 1 saturated carbocycles. The number of methoxy groups -OCH3 is 2. The number of ether oxygens (including phenoxy) is 3. The Morgan fingerprint density at radius 1 is 1.23 bits per heavy atom. The quantitative estimate of drug-likeness (QED) is 0.699. The molecule has 2 fully saturated rings. The highest BCUT2D eigenvalue weighted by Gasteiger charge is 2.54. The fraction of sp³-hybridized carbons (Fsp3) is 0.600. The molecule has 1 spiro atoms. The lowest BCUT2D eigenvalue weighted by Gasteiger charge is -2.32. The number of nitrogens with zero attached hydrogens (tertiary/aromatic N) is 1. The summed E-state index contributed by atoms with van der Waals surface area (Å²) in [5.41, 5.74) is 0.431. The fourth-order valence-electron chi connectivity index (χ4n) is 4.07. The Morgan fingerprint density at radius 2 is 1.92 bits per heavy atom. The van der Waals surface area contributed by atoms with E-state index in [0.717, 1.165) is 37.0 Å². The number of hydrogen-bond donors (Lipinski definition) is 0. The van der Waals surface area contributed by atoms with Crippen molar-refractivity contribution in [3.05, 3.63) is 29.8 Å². The zero-order valence-corrected chi connectivity index (χ0v) is 15.5. The van der Waals surface area contributed by atoms with Crippen molar-refractivity contribution < 1.29 is 23.8 Å².